The van der Waals surface area contributed by atoms with Gasteiger partial charge in [0.2, 0.25) is 0 Å². The number of piperidine rings is 2. The first-order valence-corrected chi connectivity index (χ1v) is 10.00. The second-order valence-electron chi connectivity index (χ2n) is 7.90. The van der Waals surface area contributed by atoms with Crippen LogP contribution in [0.1, 0.15) is 55.5 Å². The Morgan fingerprint density at radius 1 is 0.923 bits per heavy atom. The summed E-state index contributed by atoms with van der Waals surface area (Å²) in [7, 11) is 4.21. The summed E-state index contributed by atoms with van der Waals surface area (Å²) in [6.07, 6.45) is 10.3. The van der Waals surface area contributed by atoms with Gasteiger partial charge in [0.05, 0.1) is 13.1 Å². The van der Waals surface area contributed by atoms with Gasteiger partial charge >= 0.3 is 0 Å². The molecule has 0 radical (unpaired) electrons. The van der Waals surface area contributed by atoms with Crippen molar-refractivity contribution in [3.63, 3.8) is 0 Å². The fourth-order valence-electron chi connectivity index (χ4n) is 4.34. The molecular formula is C19H31N7. The zero-order valence-electron chi connectivity index (χ0n) is 16.1. The lowest BCUT2D eigenvalue weighted by atomic mass is 9.97. The molecule has 0 N–H and O–H groups in total. The maximum Gasteiger partial charge on any atom is 0.146 e. The van der Waals surface area contributed by atoms with Crippen molar-refractivity contribution in [2.24, 2.45) is 14.1 Å². The molecule has 0 bridgehead atoms. The van der Waals surface area contributed by atoms with Crippen LogP contribution in [0.25, 0.3) is 0 Å². The molecule has 2 aromatic rings. The second-order valence-corrected chi connectivity index (χ2v) is 7.90. The van der Waals surface area contributed by atoms with E-state index in [-0.39, 0.29) is 0 Å². The van der Waals surface area contributed by atoms with E-state index in [1.165, 1.54) is 45.2 Å². The summed E-state index contributed by atoms with van der Waals surface area (Å²) in [5.74, 6) is 3.87. The van der Waals surface area contributed by atoms with Crippen molar-refractivity contribution >= 4 is 0 Å². The minimum Gasteiger partial charge on any atom is -0.337 e. The van der Waals surface area contributed by atoms with Gasteiger partial charge in [-0.3, -0.25) is 9.80 Å². The lowest BCUT2D eigenvalue weighted by molar-refractivity contribution is 0.188. The van der Waals surface area contributed by atoms with Gasteiger partial charge in [0.25, 0.3) is 0 Å². The number of imidazole rings is 1. The molecule has 2 aliphatic rings. The summed E-state index contributed by atoms with van der Waals surface area (Å²) in [5, 5.41) is 9.13. The average Bonchev–Trinajstić information content (AvgIpc) is 3.22. The lowest BCUT2D eigenvalue weighted by Crippen LogP contribution is -2.35. The van der Waals surface area contributed by atoms with Crippen LogP contribution in [0, 0.1) is 0 Å². The topological polar surface area (TPSA) is 55.0 Å². The number of hydrogen-bond acceptors (Lipinski definition) is 5. The third kappa shape index (κ3) is 3.83. The van der Waals surface area contributed by atoms with Gasteiger partial charge in [-0.2, -0.15) is 0 Å². The maximum absolute atomic E-state index is 4.59. The van der Waals surface area contributed by atoms with E-state index in [1.54, 1.807) is 0 Å². The van der Waals surface area contributed by atoms with Gasteiger partial charge in [-0.25, -0.2) is 4.98 Å². The zero-order valence-corrected chi connectivity index (χ0v) is 16.1. The molecule has 1 atom stereocenters. The number of aromatic nitrogens is 5. The molecule has 7 nitrogen and oxygen atoms in total. The molecule has 2 saturated heterocycles. The molecule has 0 spiro atoms. The van der Waals surface area contributed by atoms with Crippen molar-refractivity contribution in [2.45, 2.75) is 51.1 Å². The number of nitrogens with zero attached hydrogens (tertiary/aromatic N) is 7. The predicted molar refractivity (Wildman–Crippen MR) is 101 cm³/mol. The van der Waals surface area contributed by atoms with E-state index < -0.39 is 0 Å². The van der Waals surface area contributed by atoms with Crippen molar-refractivity contribution in [1.82, 2.24) is 34.1 Å². The van der Waals surface area contributed by atoms with Crippen molar-refractivity contribution in [2.75, 3.05) is 26.2 Å². The number of aryl methyl sites for hydroxylation is 1. The van der Waals surface area contributed by atoms with Crippen LogP contribution in [0.5, 0.6) is 0 Å². The first-order valence-electron chi connectivity index (χ1n) is 10.00. The van der Waals surface area contributed by atoms with E-state index in [0.717, 1.165) is 43.7 Å². The summed E-state index contributed by atoms with van der Waals surface area (Å²) in [6.45, 7) is 6.43. The SMILES string of the molecule is Cn1ccnc1CN1CCCC(c2nnc(CN3CCCCC3)n2C)C1. The van der Waals surface area contributed by atoms with Crippen molar-refractivity contribution < 1.29 is 0 Å². The Morgan fingerprint density at radius 3 is 2.46 bits per heavy atom. The first kappa shape index (κ1) is 17.7. The Hall–Kier alpha value is -1.73. The van der Waals surface area contributed by atoms with Gasteiger partial charge in [-0.05, 0) is 45.3 Å². The summed E-state index contributed by atoms with van der Waals surface area (Å²) in [5.41, 5.74) is 0. The molecule has 0 saturated carbocycles. The van der Waals surface area contributed by atoms with Gasteiger partial charge in [0.1, 0.15) is 17.5 Å². The highest BCUT2D eigenvalue weighted by atomic mass is 15.3. The number of hydrogen-bond donors (Lipinski definition) is 0. The van der Waals surface area contributed by atoms with Crippen LogP contribution in [-0.2, 0) is 27.2 Å². The standard InChI is InChI=1S/C19H31N7/c1-23-12-8-20-17(23)14-26-11-6-7-16(13-26)19-22-21-18(24(19)2)15-25-9-4-3-5-10-25/h8,12,16H,3-7,9-11,13-15H2,1-2H3. The van der Waals surface area contributed by atoms with E-state index >= 15 is 0 Å². The molecular weight excluding hydrogens is 326 g/mol. The van der Waals surface area contributed by atoms with Crippen LogP contribution in [0.3, 0.4) is 0 Å². The highest BCUT2D eigenvalue weighted by Gasteiger charge is 2.27. The summed E-state index contributed by atoms with van der Waals surface area (Å²) in [6, 6.07) is 0. The largest absolute Gasteiger partial charge is 0.337 e. The number of rotatable bonds is 5. The predicted octanol–water partition coefficient (Wildman–Crippen LogP) is 1.91. The monoisotopic (exact) mass is 357 g/mol. The Kier molecular flexibility index (Phi) is 5.36. The van der Waals surface area contributed by atoms with Crippen LogP contribution in [0.2, 0.25) is 0 Å². The lowest BCUT2D eigenvalue weighted by Gasteiger charge is -2.32. The Labute approximate surface area is 156 Å². The summed E-state index contributed by atoms with van der Waals surface area (Å²) in [4.78, 5) is 9.51. The van der Waals surface area contributed by atoms with Crippen molar-refractivity contribution in [1.29, 1.82) is 0 Å². The molecule has 4 rings (SSSR count). The van der Waals surface area contributed by atoms with Crippen LogP contribution in [0.15, 0.2) is 12.4 Å². The van der Waals surface area contributed by atoms with E-state index in [4.69, 9.17) is 0 Å². The van der Waals surface area contributed by atoms with Gasteiger partial charge < -0.3 is 9.13 Å². The van der Waals surface area contributed by atoms with Crippen LogP contribution in [-0.4, -0.2) is 60.3 Å². The van der Waals surface area contributed by atoms with E-state index in [1.807, 2.05) is 12.4 Å². The van der Waals surface area contributed by atoms with Crippen LogP contribution >= 0.6 is 0 Å². The van der Waals surface area contributed by atoms with Gasteiger partial charge in [-0.15, -0.1) is 10.2 Å². The average molecular weight is 358 g/mol. The third-order valence-corrected chi connectivity index (χ3v) is 5.97. The highest BCUT2D eigenvalue weighted by Crippen LogP contribution is 2.27. The fraction of sp³-hybridized carbons (Fsp3) is 0.737. The molecule has 2 fully saturated rings. The van der Waals surface area contributed by atoms with Gasteiger partial charge in [0, 0.05) is 39.0 Å². The highest BCUT2D eigenvalue weighted by molar-refractivity contribution is 5.05. The first-order chi connectivity index (χ1) is 12.7. The molecule has 2 aliphatic heterocycles. The molecule has 2 aromatic heterocycles. The quantitative estimate of drug-likeness (QED) is 0.818. The third-order valence-electron chi connectivity index (χ3n) is 5.97. The Balaban J connectivity index is 1.41. The Bertz CT molecular complexity index is 713. The molecule has 0 aliphatic carbocycles. The van der Waals surface area contributed by atoms with Crippen LogP contribution < -0.4 is 0 Å². The summed E-state index contributed by atoms with van der Waals surface area (Å²) < 4.78 is 4.37. The van der Waals surface area contributed by atoms with E-state index in [9.17, 15) is 0 Å². The molecule has 1 unspecified atom stereocenters. The molecule has 0 aromatic carbocycles. The zero-order chi connectivity index (χ0) is 17.9. The van der Waals surface area contributed by atoms with Gasteiger partial charge in [-0.1, -0.05) is 6.42 Å². The van der Waals surface area contributed by atoms with E-state index in [0.29, 0.717) is 5.92 Å². The van der Waals surface area contributed by atoms with Crippen LogP contribution in [0.4, 0.5) is 0 Å². The molecule has 26 heavy (non-hydrogen) atoms. The second kappa shape index (κ2) is 7.88. The minimum absolute atomic E-state index is 0.469. The van der Waals surface area contributed by atoms with Gasteiger partial charge in [0.15, 0.2) is 0 Å². The smallest absolute Gasteiger partial charge is 0.146 e. The molecule has 142 valence electrons. The summed E-state index contributed by atoms with van der Waals surface area (Å²) >= 11 is 0. The number of likely N-dealkylation sites (tertiary alicyclic amines) is 2. The molecule has 7 heteroatoms. The van der Waals surface area contributed by atoms with E-state index in [2.05, 4.69) is 48.2 Å². The molecule has 0 amide bonds. The maximum atomic E-state index is 4.59. The normalized spacial score (nSPS) is 22.8. The van der Waals surface area contributed by atoms with Crippen molar-refractivity contribution in [3.05, 3.63) is 29.9 Å². The Morgan fingerprint density at radius 2 is 1.69 bits per heavy atom. The van der Waals surface area contributed by atoms with Crippen molar-refractivity contribution in [3.8, 4) is 0 Å². The minimum atomic E-state index is 0.469. The fourth-order valence-corrected chi connectivity index (χ4v) is 4.34. The molecule has 4 heterocycles.